The van der Waals surface area contributed by atoms with Gasteiger partial charge >= 0.3 is 5.97 Å². The molecule has 2 aromatic carbocycles. The summed E-state index contributed by atoms with van der Waals surface area (Å²) >= 11 is 6.28. The van der Waals surface area contributed by atoms with Crippen molar-refractivity contribution in [3.63, 3.8) is 0 Å². The number of hydrogen-bond donors (Lipinski definition) is 0. The highest BCUT2D eigenvalue weighted by atomic mass is 35.5. The maximum Gasteiger partial charge on any atom is 0.357 e. The van der Waals surface area contributed by atoms with Crippen molar-refractivity contribution in [3.05, 3.63) is 93.0 Å². The zero-order valence-corrected chi connectivity index (χ0v) is 20.0. The molecular weight excluding hydrogens is 479 g/mol. The summed E-state index contributed by atoms with van der Waals surface area (Å²) in [4.78, 5) is 16.9. The number of nitrogens with zero attached hydrogens (tertiary/aromatic N) is 1. The Morgan fingerprint density at radius 3 is 2.46 bits per heavy atom. The van der Waals surface area contributed by atoms with Crippen molar-refractivity contribution in [1.82, 2.24) is 4.98 Å². The lowest BCUT2D eigenvalue weighted by molar-refractivity contribution is 0.0518. The highest BCUT2D eigenvalue weighted by Crippen LogP contribution is 2.43. The van der Waals surface area contributed by atoms with Gasteiger partial charge in [-0.2, -0.15) is 0 Å². The van der Waals surface area contributed by atoms with Gasteiger partial charge in [0, 0.05) is 22.7 Å². The lowest BCUT2D eigenvalue weighted by Gasteiger charge is -2.16. The molecular formula is C27H23ClF3NO3. The lowest BCUT2D eigenvalue weighted by atomic mass is 9.98. The third kappa shape index (κ3) is 5.35. The number of pyridine rings is 1. The van der Waals surface area contributed by atoms with Crippen LogP contribution in [0.25, 0.3) is 11.1 Å². The molecule has 3 aromatic rings. The summed E-state index contributed by atoms with van der Waals surface area (Å²) in [6.07, 6.45) is 2.28. The molecule has 0 bridgehead atoms. The Hall–Kier alpha value is -3.32. The van der Waals surface area contributed by atoms with Gasteiger partial charge in [-0.1, -0.05) is 17.7 Å². The molecule has 4 nitrogen and oxygen atoms in total. The van der Waals surface area contributed by atoms with Gasteiger partial charge in [-0.25, -0.2) is 22.9 Å². The molecule has 182 valence electrons. The maximum atomic E-state index is 14.1. The van der Waals surface area contributed by atoms with Gasteiger partial charge in [-0.05, 0) is 74.1 Å². The van der Waals surface area contributed by atoms with E-state index in [-0.39, 0.29) is 17.9 Å². The molecule has 0 amide bonds. The number of hydrogen-bond acceptors (Lipinski definition) is 4. The molecule has 1 aliphatic carbocycles. The van der Waals surface area contributed by atoms with Crippen molar-refractivity contribution < 1.29 is 27.4 Å². The monoisotopic (exact) mass is 501 g/mol. The molecule has 35 heavy (non-hydrogen) atoms. The fourth-order valence-electron chi connectivity index (χ4n) is 4.15. The number of aromatic nitrogens is 1. The van der Waals surface area contributed by atoms with Gasteiger partial charge in [-0.3, -0.25) is 0 Å². The van der Waals surface area contributed by atoms with Crippen LogP contribution in [0.1, 0.15) is 59.1 Å². The SMILES string of the molecule is CCOC(=O)c1nc(C2=C(c3cc(Cl)ccc3OCc3c(F)cc(F)cc3F)CCC2)ccc1C. The van der Waals surface area contributed by atoms with Gasteiger partial charge in [0.1, 0.15) is 29.8 Å². The van der Waals surface area contributed by atoms with Crippen molar-refractivity contribution in [2.24, 2.45) is 0 Å². The maximum absolute atomic E-state index is 14.1. The first-order chi connectivity index (χ1) is 16.8. The van der Waals surface area contributed by atoms with E-state index in [1.807, 2.05) is 12.1 Å². The van der Waals surface area contributed by atoms with Gasteiger partial charge in [0.05, 0.1) is 17.9 Å². The van der Waals surface area contributed by atoms with Crippen LogP contribution in [0.15, 0.2) is 42.5 Å². The van der Waals surface area contributed by atoms with E-state index in [1.54, 1.807) is 32.0 Å². The number of carbonyl (C=O) groups is 1. The van der Waals surface area contributed by atoms with E-state index in [0.717, 1.165) is 24.0 Å². The Balaban J connectivity index is 1.72. The smallest absolute Gasteiger partial charge is 0.357 e. The topological polar surface area (TPSA) is 48.4 Å². The van der Waals surface area contributed by atoms with E-state index in [0.29, 0.717) is 46.1 Å². The van der Waals surface area contributed by atoms with E-state index in [1.165, 1.54) is 0 Å². The van der Waals surface area contributed by atoms with Crippen molar-refractivity contribution in [2.45, 2.75) is 39.7 Å². The summed E-state index contributed by atoms with van der Waals surface area (Å²) in [5.74, 6) is -3.14. The summed E-state index contributed by atoms with van der Waals surface area (Å²) in [5, 5.41) is 0.467. The molecule has 0 radical (unpaired) electrons. The fraction of sp³-hybridized carbons (Fsp3) is 0.259. The molecule has 1 heterocycles. The number of aryl methyl sites for hydroxylation is 1. The predicted octanol–water partition coefficient (Wildman–Crippen LogP) is 7.31. The van der Waals surface area contributed by atoms with Crippen LogP contribution in [-0.4, -0.2) is 17.6 Å². The second-order valence-corrected chi connectivity index (χ2v) is 8.61. The molecule has 1 aliphatic rings. The van der Waals surface area contributed by atoms with E-state index in [4.69, 9.17) is 21.1 Å². The lowest BCUT2D eigenvalue weighted by Crippen LogP contribution is -2.10. The molecule has 0 atom stereocenters. The molecule has 0 fully saturated rings. The number of benzene rings is 2. The van der Waals surface area contributed by atoms with Crippen LogP contribution in [0.5, 0.6) is 5.75 Å². The van der Waals surface area contributed by atoms with Crippen LogP contribution in [0, 0.1) is 24.4 Å². The first-order valence-electron chi connectivity index (χ1n) is 11.2. The minimum Gasteiger partial charge on any atom is -0.488 e. The van der Waals surface area contributed by atoms with Gasteiger partial charge in [0.25, 0.3) is 0 Å². The quantitative estimate of drug-likeness (QED) is 0.318. The molecule has 0 spiro atoms. The second kappa shape index (κ2) is 10.5. The molecule has 0 saturated heterocycles. The number of rotatable bonds is 7. The Morgan fingerprint density at radius 1 is 1.03 bits per heavy atom. The standard InChI is InChI=1S/C27H23ClF3NO3/c1-3-34-27(33)26-15(2)7-9-24(32-26)19-6-4-5-18(19)20-11-16(28)8-10-25(20)35-14-21-22(30)12-17(29)13-23(21)31/h7-13H,3-6,14H2,1-2H3. The van der Waals surface area contributed by atoms with Gasteiger partial charge in [0.15, 0.2) is 5.69 Å². The highest BCUT2D eigenvalue weighted by Gasteiger charge is 2.24. The van der Waals surface area contributed by atoms with Crippen LogP contribution in [0.4, 0.5) is 13.2 Å². The number of carbonyl (C=O) groups excluding carboxylic acids is 1. The van der Waals surface area contributed by atoms with E-state index < -0.39 is 30.0 Å². The summed E-state index contributed by atoms with van der Waals surface area (Å²) < 4.78 is 52.4. The third-order valence-corrected chi connectivity index (χ3v) is 6.07. The summed E-state index contributed by atoms with van der Waals surface area (Å²) in [6, 6.07) is 9.90. The van der Waals surface area contributed by atoms with Crippen LogP contribution < -0.4 is 4.74 Å². The van der Waals surface area contributed by atoms with Crippen LogP contribution in [0.3, 0.4) is 0 Å². The average Bonchev–Trinajstić information content (AvgIpc) is 3.29. The van der Waals surface area contributed by atoms with Crippen molar-refractivity contribution in [2.75, 3.05) is 6.61 Å². The number of halogens is 4. The van der Waals surface area contributed by atoms with E-state index in [9.17, 15) is 18.0 Å². The molecule has 0 aliphatic heterocycles. The van der Waals surface area contributed by atoms with Crippen molar-refractivity contribution >= 4 is 28.7 Å². The van der Waals surface area contributed by atoms with Crippen LogP contribution in [-0.2, 0) is 11.3 Å². The van der Waals surface area contributed by atoms with Crippen molar-refractivity contribution in [1.29, 1.82) is 0 Å². The summed E-state index contributed by atoms with van der Waals surface area (Å²) in [6.45, 7) is 3.35. The zero-order chi connectivity index (χ0) is 25.1. The minimum absolute atomic E-state index is 0.247. The normalized spacial score (nSPS) is 13.3. The highest BCUT2D eigenvalue weighted by molar-refractivity contribution is 6.30. The molecule has 1 aromatic heterocycles. The van der Waals surface area contributed by atoms with Crippen LogP contribution >= 0.6 is 11.6 Å². The molecule has 0 N–H and O–H groups in total. The van der Waals surface area contributed by atoms with E-state index >= 15 is 0 Å². The second-order valence-electron chi connectivity index (χ2n) is 8.17. The summed E-state index contributed by atoms with van der Waals surface area (Å²) in [5.41, 5.74) is 3.78. The van der Waals surface area contributed by atoms with Gasteiger partial charge < -0.3 is 9.47 Å². The van der Waals surface area contributed by atoms with E-state index in [2.05, 4.69) is 4.98 Å². The summed E-state index contributed by atoms with van der Waals surface area (Å²) in [7, 11) is 0. The molecule has 0 saturated carbocycles. The van der Waals surface area contributed by atoms with Gasteiger partial charge in [-0.15, -0.1) is 0 Å². The first kappa shape index (κ1) is 24.8. The minimum atomic E-state index is -1.02. The van der Waals surface area contributed by atoms with Crippen molar-refractivity contribution in [3.8, 4) is 5.75 Å². The fourth-order valence-corrected chi connectivity index (χ4v) is 4.32. The Bertz CT molecular complexity index is 1300. The Morgan fingerprint density at radius 2 is 1.74 bits per heavy atom. The number of ether oxygens (including phenoxy) is 2. The molecule has 8 heteroatoms. The van der Waals surface area contributed by atoms with Gasteiger partial charge in [0.2, 0.25) is 0 Å². The predicted molar refractivity (Wildman–Crippen MR) is 128 cm³/mol. The van der Waals surface area contributed by atoms with Crippen LogP contribution in [0.2, 0.25) is 5.02 Å². The third-order valence-electron chi connectivity index (χ3n) is 5.84. The first-order valence-corrected chi connectivity index (χ1v) is 11.6. The molecule has 4 rings (SSSR count). The largest absolute Gasteiger partial charge is 0.488 e. The average molecular weight is 502 g/mol. The molecule has 0 unspecified atom stereocenters. The Kier molecular flexibility index (Phi) is 7.45. The number of esters is 1. The Labute approximate surface area is 206 Å². The zero-order valence-electron chi connectivity index (χ0n) is 19.3. The number of allylic oxidation sites excluding steroid dienone is 2.